The Bertz CT molecular complexity index is 1210. The molecule has 3 rings (SSSR count). The Morgan fingerprint density at radius 1 is 0.400 bits per heavy atom. The van der Waals surface area contributed by atoms with E-state index in [0.29, 0.717) is 46.3 Å². The van der Waals surface area contributed by atoms with E-state index in [4.69, 9.17) is 9.47 Å². The molecule has 280 valence electrons. The summed E-state index contributed by atoms with van der Waals surface area (Å²) in [5.74, 6) is 0.0788. The maximum Gasteiger partial charge on any atom is 0.224 e. The van der Waals surface area contributed by atoms with Crippen LogP contribution in [0.1, 0.15) is 143 Å². The second-order valence-electron chi connectivity index (χ2n) is 14.7. The molecule has 0 aromatic rings. The molecule has 3 aliphatic rings. The first-order chi connectivity index (χ1) is 24.1. The van der Waals surface area contributed by atoms with Crippen molar-refractivity contribution in [2.75, 3.05) is 53.5 Å². The average Bonchev–Trinajstić information content (AvgIpc) is 3.11. The van der Waals surface area contributed by atoms with Gasteiger partial charge in [-0.1, -0.05) is 77.0 Å². The average molecular weight is 695 g/mol. The van der Waals surface area contributed by atoms with Crippen LogP contribution < -0.4 is 0 Å². The molecule has 2 aliphatic carbocycles. The van der Waals surface area contributed by atoms with Crippen LogP contribution >= 0.6 is 0 Å². The highest BCUT2D eigenvalue weighted by Crippen LogP contribution is 2.29. The SMILES string of the molecule is COC1=C(C)C(=O)C(CCCCCCCCCCN2CCN(CCCCCCCCCCC3=C(C)C(=O)C(OC)=C(C)C3=O)CC2)=C(C)C1=O. The lowest BCUT2D eigenvalue weighted by molar-refractivity contribution is -0.118. The van der Waals surface area contributed by atoms with Gasteiger partial charge in [-0.15, -0.1) is 0 Å². The van der Waals surface area contributed by atoms with Crippen molar-refractivity contribution in [3.63, 3.8) is 0 Å². The normalized spacial score (nSPS) is 18.4. The lowest BCUT2D eigenvalue weighted by atomic mass is 9.86. The summed E-state index contributed by atoms with van der Waals surface area (Å²) in [4.78, 5) is 55.5. The predicted octanol–water partition coefficient (Wildman–Crippen LogP) is 8.40. The zero-order valence-corrected chi connectivity index (χ0v) is 32.3. The first-order valence-electron chi connectivity index (χ1n) is 19.6. The number of carbonyl (C=O) groups excluding carboxylic acids is 4. The van der Waals surface area contributed by atoms with Crippen LogP contribution in [0.4, 0.5) is 0 Å². The van der Waals surface area contributed by atoms with Gasteiger partial charge in [-0.3, -0.25) is 19.2 Å². The maximum atomic E-state index is 12.6. The van der Waals surface area contributed by atoms with Gasteiger partial charge in [-0.25, -0.2) is 0 Å². The maximum absolute atomic E-state index is 12.6. The van der Waals surface area contributed by atoms with Crippen molar-refractivity contribution < 1.29 is 28.7 Å². The van der Waals surface area contributed by atoms with Gasteiger partial charge in [-0.05, 0) is 79.3 Å². The smallest absolute Gasteiger partial charge is 0.224 e. The fourth-order valence-corrected chi connectivity index (χ4v) is 7.68. The van der Waals surface area contributed by atoms with Gasteiger partial charge in [0.05, 0.1) is 14.2 Å². The van der Waals surface area contributed by atoms with E-state index in [2.05, 4.69) is 9.80 Å². The minimum absolute atomic E-state index is 0.0248. The third-order valence-corrected chi connectivity index (χ3v) is 11.1. The van der Waals surface area contributed by atoms with Gasteiger partial charge in [0.2, 0.25) is 11.6 Å². The van der Waals surface area contributed by atoms with Crippen molar-refractivity contribution in [1.82, 2.24) is 9.80 Å². The van der Waals surface area contributed by atoms with Crippen LogP contribution in [0.2, 0.25) is 0 Å². The summed E-state index contributed by atoms with van der Waals surface area (Å²) in [5.41, 5.74) is 3.36. The number of ketones is 4. The molecule has 1 fully saturated rings. The Morgan fingerprint density at radius 3 is 0.980 bits per heavy atom. The molecule has 0 N–H and O–H groups in total. The number of hydrogen-bond acceptors (Lipinski definition) is 8. The Hall–Kier alpha value is -2.84. The topological polar surface area (TPSA) is 93.2 Å². The number of piperazine rings is 1. The van der Waals surface area contributed by atoms with Crippen molar-refractivity contribution in [3.05, 3.63) is 45.0 Å². The van der Waals surface area contributed by atoms with Crippen LogP contribution in [0, 0.1) is 0 Å². The van der Waals surface area contributed by atoms with Crippen LogP contribution in [0.3, 0.4) is 0 Å². The Balaban J connectivity index is 1.09. The van der Waals surface area contributed by atoms with Crippen LogP contribution in [-0.2, 0) is 28.7 Å². The third kappa shape index (κ3) is 12.1. The molecule has 1 aliphatic heterocycles. The van der Waals surface area contributed by atoms with E-state index >= 15 is 0 Å². The molecule has 0 unspecified atom stereocenters. The fraction of sp³-hybridized carbons (Fsp3) is 0.714. The number of nitrogens with zero attached hydrogens (tertiary/aromatic N) is 2. The van der Waals surface area contributed by atoms with Crippen molar-refractivity contribution in [3.8, 4) is 0 Å². The summed E-state index contributed by atoms with van der Waals surface area (Å²) in [5, 5.41) is 0. The highest BCUT2D eigenvalue weighted by atomic mass is 16.5. The molecular formula is C42H66N2O6. The fourth-order valence-electron chi connectivity index (χ4n) is 7.68. The van der Waals surface area contributed by atoms with Crippen molar-refractivity contribution in [1.29, 1.82) is 0 Å². The van der Waals surface area contributed by atoms with Crippen molar-refractivity contribution in [2.24, 2.45) is 0 Å². The monoisotopic (exact) mass is 694 g/mol. The molecule has 8 heteroatoms. The number of hydrogen-bond donors (Lipinski definition) is 0. The summed E-state index contributed by atoms with van der Waals surface area (Å²) in [7, 11) is 2.91. The van der Waals surface area contributed by atoms with Gasteiger partial charge in [0, 0.05) is 59.6 Å². The van der Waals surface area contributed by atoms with E-state index in [-0.39, 0.29) is 34.7 Å². The zero-order valence-electron chi connectivity index (χ0n) is 32.3. The van der Waals surface area contributed by atoms with E-state index < -0.39 is 0 Å². The largest absolute Gasteiger partial charge is 0.492 e. The van der Waals surface area contributed by atoms with E-state index in [9.17, 15) is 19.2 Å². The molecular weight excluding hydrogens is 628 g/mol. The number of Topliss-reactive ketones (excluding diaryl/α,β-unsaturated/α-hetero) is 4. The van der Waals surface area contributed by atoms with E-state index in [1.165, 1.54) is 131 Å². The van der Waals surface area contributed by atoms with Crippen molar-refractivity contribution >= 4 is 23.1 Å². The lowest BCUT2D eigenvalue weighted by Gasteiger charge is -2.34. The number of unbranched alkanes of at least 4 members (excludes halogenated alkanes) is 14. The van der Waals surface area contributed by atoms with Crippen LogP contribution in [-0.4, -0.2) is 86.4 Å². The van der Waals surface area contributed by atoms with Crippen LogP contribution in [0.5, 0.6) is 0 Å². The molecule has 0 bridgehead atoms. The first kappa shape index (κ1) is 41.6. The lowest BCUT2D eigenvalue weighted by Crippen LogP contribution is -2.46. The molecule has 0 aromatic heterocycles. The number of carbonyl (C=O) groups is 4. The summed E-state index contributed by atoms with van der Waals surface area (Å²) >= 11 is 0. The quantitative estimate of drug-likeness (QED) is 0.0735. The minimum Gasteiger partial charge on any atom is -0.492 e. The van der Waals surface area contributed by atoms with E-state index in [0.717, 1.165) is 25.7 Å². The predicted molar refractivity (Wildman–Crippen MR) is 201 cm³/mol. The molecule has 0 atom stereocenters. The van der Waals surface area contributed by atoms with Crippen LogP contribution in [0.15, 0.2) is 45.0 Å². The molecule has 0 spiro atoms. The Kier molecular flexibility index (Phi) is 18.4. The second-order valence-corrected chi connectivity index (χ2v) is 14.7. The summed E-state index contributed by atoms with van der Waals surface area (Å²) < 4.78 is 10.3. The van der Waals surface area contributed by atoms with Gasteiger partial charge in [0.25, 0.3) is 0 Å². The number of allylic oxidation sites excluding steroid dienone is 6. The highest BCUT2D eigenvalue weighted by Gasteiger charge is 2.31. The van der Waals surface area contributed by atoms with Gasteiger partial charge in [0.1, 0.15) is 0 Å². The second kappa shape index (κ2) is 22.2. The zero-order chi connectivity index (χ0) is 36.5. The molecule has 1 heterocycles. The highest BCUT2D eigenvalue weighted by molar-refractivity contribution is 6.24. The minimum atomic E-state index is -0.138. The van der Waals surface area contributed by atoms with Crippen molar-refractivity contribution in [2.45, 2.75) is 143 Å². The van der Waals surface area contributed by atoms with Gasteiger partial charge in [-0.2, -0.15) is 0 Å². The number of ether oxygens (including phenoxy) is 2. The van der Waals surface area contributed by atoms with Crippen LogP contribution in [0.25, 0.3) is 0 Å². The van der Waals surface area contributed by atoms with Gasteiger partial charge < -0.3 is 19.3 Å². The molecule has 50 heavy (non-hydrogen) atoms. The molecule has 0 amide bonds. The third-order valence-electron chi connectivity index (χ3n) is 11.1. The number of methoxy groups -OCH3 is 2. The Morgan fingerprint density at radius 2 is 0.680 bits per heavy atom. The summed E-state index contributed by atoms with van der Waals surface area (Å²) in [6, 6.07) is 0. The van der Waals surface area contributed by atoms with Gasteiger partial charge >= 0.3 is 0 Å². The molecule has 1 saturated heterocycles. The molecule has 8 nitrogen and oxygen atoms in total. The molecule has 0 aromatic carbocycles. The van der Waals surface area contributed by atoms with E-state index in [1.807, 2.05) is 0 Å². The number of rotatable bonds is 24. The van der Waals surface area contributed by atoms with E-state index in [1.54, 1.807) is 27.7 Å². The Labute approximate surface area is 302 Å². The standard InChI is InChI=1S/C42H66N2O6/c1-31-35(37(45)33(3)41(49-5)39(31)47)23-19-15-11-7-9-13-17-21-25-43-27-29-44(30-28-43)26-22-18-14-10-8-12-16-20-24-36-32(2)40(48)42(50-6)34(4)38(36)46/h7-30H2,1-6H3. The summed E-state index contributed by atoms with van der Waals surface area (Å²) in [6.07, 6.45) is 20.7. The first-order valence-corrected chi connectivity index (χ1v) is 19.6. The van der Waals surface area contributed by atoms with Gasteiger partial charge in [0.15, 0.2) is 23.1 Å². The summed E-state index contributed by atoms with van der Waals surface area (Å²) in [6.45, 7) is 14.1. The molecule has 0 saturated carbocycles. The molecule has 0 radical (unpaired) electrons.